The van der Waals surface area contributed by atoms with Crippen LogP contribution in [0.15, 0.2) is 23.6 Å². The average molecular weight is 656 g/mol. The monoisotopic (exact) mass is 655 g/mol. The molecule has 6 rings (SSSR count). The lowest BCUT2D eigenvalue weighted by Crippen LogP contribution is -2.42. The molecule has 0 amide bonds. The van der Waals surface area contributed by atoms with E-state index in [4.69, 9.17) is 48.2 Å². The van der Waals surface area contributed by atoms with Crippen molar-refractivity contribution in [3.8, 4) is 12.3 Å². The molecule has 4 aromatic heterocycles. The van der Waals surface area contributed by atoms with E-state index < -0.39 is 73.8 Å². The number of rotatable bonds is 8. The first-order valence-electron chi connectivity index (χ1n) is 12.8. The van der Waals surface area contributed by atoms with Crippen LogP contribution < -0.4 is 17.0 Å². The Labute approximate surface area is 250 Å². The number of aromatic amines is 1. The number of aromatic nitrogens is 7. The second-order valence-electron chi connectivity index (χ2n) is 9.98. The van der Waals surface area contributed by atoms with E-state index in [2.05, 4.69) is 30.8 Å². The molecule has 8 N–H and O–H groups in total. The third-order valence-corrected chi connectivity index (χ3v) is 8.86. The molecule has 21 heteroatoms. The molecule has 4 aromatic rings. The maximum Gasteiger partial charge on any atom is 0.325 e. The Hall–Kier alpha value is -3.64. The molecule has 0 radical (unpaired) electrons. The number of hydrogen-bond donors (Lipinski definition) is 6. The molecule has 0 saturated carbocycles. The predicted molar refractivity (Wildman–Crippen MR) is 150 cm³/mol. The molecule has 0 aromatic carbocycles. The fourth-order valence-corrected chi connectivity index (χ4v) is 6.57. The minimum Gasteiger partial charge on any atom is -0.394 e. The number of nitrogens with zero attached hydrogens (tertiary/aromatic N) is 6. The van der Waals surface area contributed by atoms with Crippen molar-refractivity contribution in [1.29, 1.82) is 0 Å². The number of anilines is 2. The summed E-state index contributed by atoms with van der Waals surface area (Å²) in [6, 6.07) is 0. The van der Waals surface area contributed by atoms with Crippen LogP contribution in [0.3, 0.4) is 0 Å². The Kier molecular flexibility index (Phi) is 7.64. The molecular weight excluding hydrogens is 631 g/mol. The van der Waals surface area contributed by atoms with E-state index >= 15 is 4.39 Å². The normalized spacial score (nSPS) is 30.2. The second-order valence-corrected chi connectivity index (χ2v) is 12.8. The fraction of sp³-hybridized carbons (Fsp3) is 0.435. The Morgan fingerprint density at radius 1 is 1.32 bits per heavy atom. The number of H-pyrrole nitrogens is 1. The predicted octanol–water partition coefficient (Wildman–Crippen LogP) is -0.634. The fourth-order valence-electron chi connectivity index (χ4n) is 5.17. The van der Waals surface area contributed by atoms with Gasteiger partial charge in [-0.15, -0.1) is 6.42 Å². The molecule has 0 spiro atoms. The molecule has 6 heterocycles. The van der Waals surface area contributed by atoms with Gasteiger partial charge in [0, 0.05) is 12.6 Å². The third kappa shape index (κ3) is 5.01. The number of halogens is 2. The van der Waals surface area contributed by atoms with E-state index in [-0.39, 0.29) is 40.4 Å². The number of terminal acetylenes is 1. The zero-order chi connectivity index (χ0) is 31.6. The van der Waals surface area contributed by atoms with Gasteiger partial charge in [-0.25, -0.2) is 23.7 Å². The van der Waals surface area contributed by atoms with Crippen LogP contribution in [0.1, 0.15) is 18.9 Å². The van der Waals surface area contributed by atoms with Gasteiger partial charge in [0.2, 0.25) is 5.95 Å². The van der Waals surface area contributed by atoms with Gasteiger partial charge in [0.25, 0.3) is 5.56 Å². The van der Waals surface area contributed by atoms with Crippen molar-refractivity contribution in [2.24, 2.45) is 0 Å². The van der Waals surface area contributed by atoms with E-state index in [1.54, 1.807) is 0 Å². The zero-order valence-corrected chi connectivity index (χ0v) is 23.9. The van der Waals surface area contributed by atoms with Gasteiger partial charge < -0.3 is 45.1 Å². The highest BCUT2D eigenvalue weighted by Crippen LogP contribution is 2.52. The quantitative estimate of drug-likeness (QED) is 0.102. The lowest BCUT2D eigenvalue weighted by Gasteiger charge is -2.30. The highest BCUT2D eigenvalue weighted by Gasteiger charge is 2.52. The minimum atomic E-state index is -4.41. The first-order valence-corrected chi connectivity index (χ1v) is 15.4. The van der Waals surface area contributed by atoms with Crippen molar-refractivity contribution in [1.82, 2.24) is 34.1 Å². The molecule has 8 atom stereocenters. The maximum absolute atomic E-state index is 15.4. The van der Waals surface area contributed by atoms with Crippen LogP contribution in [0.25, 0.3) is 22.2 Å². The summed E-state index contributed by atoms with van der Waals surface area (Å²) in [5.74, 6) is 1.20. The molecule has 2 fully saturated rings. The number of fused-ring (bicyclic) bond motifs is 2. The highest BCUT2D eigenvalue weighted by atomic mass is 32.5. The van der Waals surface area contributed by atoms with Gasteiger partial charge in [0.05, 0.1) is 24.9 Å². The van der Waals surface area contributed by atoms with Gasteiger partial charge in [-0.1, -0.05) is 5.92 Å². The van der Waals surface area contributed by atoms with Gasteiger partial charge in [-0.2, -0.15) is 4.98 Å². The molecule has 234 valence electrons. The molecule has 17 nitrogen and oxygen atoms in total. The van der Waals surface area contributed by atoms with Crippen molar-refractivity contribution in [2.45, 2.75) is 49.0 Å². The smallest absolute Gasteiger partial charge is 0.325 e. The summed E-state index contributed by atoms with van der Waals surface area (Å²) >= 11 is 5.13. The van der Waals surface area contributed by atoms with Crippen LogP contribution in [-0.4, -0.2) is 92.5 Å². The first-order chi connectivity index (χ1) is 20.9. The van der Waals surface area contributed by atoms with E-state index in [1.807, 2.05) is 0 Å². The van der Waals surface area contributed by atoms with Gasteiger partial charge in [-0.05, 0) is 11.8 Å². The van der Waals surface area contributed by atoms with E-state index in [9.17, 15) is 24.3 Å². The summed E-state index contributed by atoms with van der Waals surface area (Å²) in [5, 5.41) is 20.5. The molecular formula is C23H24F2N9O8PS. The summed E-state index contributed by atoms with van der Waals surface area (Å²) in [7, 11) is 0. The minimum absolute atomic E-state index is 0.0530. The number of alkyl halides is 1. The Morgan fingerprint density at radius 2 is 2.09 bits per heavy atom. The van der Waals surface area contributed by atoms with Crippen molar-refractivity contribution < 1.29 is 42.4 Å². The number of ether oxygens (including phenoxy) is 2. The largest absolute Gasteiger partial charge is 0.394 e. The number of nitrogens with one attached hydrogen (secondary N) is 1. The van der Waals surface area contributed by atoms with Crippen LogP contribution in [0, 0.1) is 18.2 Å². The van der Waals surface area contributed by atoms with E-state index in [0.29, 0.717) is 0 Å². The number of aliphatic hydroxyl groups is 2. The third-order valence-electron chi connectivity index (χ3n) is 7.32. The standard InChI is InChI=1S/C23H24F2N9O8PS/c1-2-23(11(36)3-12(41-23)33-4-9(24)13-17(26)28-7-29-18(13)33)6-39-43(38,44)42-16-14(25)10(5-35)40-21(16)34-8-30-15-19(34)31-22(27)32-20(15)37/h1,4,7-8,10-12,14,16,21,35-36H,3,5-6H2,(H,38,44)(H2,26,28,29)(H3,27,31,32,37)/t10-,11+,12-,14-,16?,21-,23-,43?/m1/s1. The second kappa shape index (κ2) is 11.1. The highest BCUT2D eigenvalue weighted by molar-refractivity contribution is 8.07. The summed E-state index contributed by atoms with van der Waals surface area (Å²) in [4.78, 5) is 41.2. The van der Waals surface area contributed by atoms with Crippen LogP contribution >= 0.6 is 6.72 Å². The van der Waals surface area contributed by atoms with Gasteiger partial charge in [0.15, 0.2) is 40.6 Å². The van der Waals surface area contributed by atoms with E-state index in [0.717, 1.165) is 23.4 Å². The SMILES string of the molecule is C#C[C@]1(COP(O)(=S)OC2[C@H](n3cnc4c(=O)[nH]c(N)nc43)O[C@H](CO)[C@H]2F)O[C@@H](n2cc(F)c3c(N)ncnc32)C[C@@H]1O. The molecule has 2 aliphatic rings. The number of aliphatic hydroxyl groups excluding tert-OH is 2. The summed E-state index contributed by atoms with van der Waals surface area (Å²) < 4.78 is 54.9. The van der Waals surface area contributed by atoms with Crippen molar-refractivity contribution in [2.75, 3.05) is 24.7 Å². The molecule has 2 unspecified atom stereocenters. The maximum atomic E-state index is 15.4. The lowest BCUT2D eigenvalue weighted by atomic mass is 9.99. The van der Waals surface area contributed by atoms with E-state index in [1.165, 1.54) is 4.57 Å². The topological polar surface area (TPSA) is 244 Å². The number of hydrogen-bond acceptors (Lipinski definition) is 14. The van der Waals surface area contributed by atoms with Crippen molar-refractivity contribution in [3.63, 3.8) is 0 Å². The Balaban J connectivity index is 1.23. The van der Waals surface area contributed by atoms with Gasteiger partial charge in [-0.3, -0.25) is 18.9 Å². The van der Waals surface area contributed by atoms with Crippen LogP contribution in [0.5, 0.6) is 0 Å². The number of nitrogen functional groups attached to an aromatic ring is 2. The van der Waals surface area contributed by atoms with Crippen LogP contribution in [0.4, 0.5) is 20.5 Å². The summed E-state index contributed by atoms with van der Waals surface area (Å²) in [5.41, 5.74) is 8.67. The zero-order valence-electron chi connectivity index (χ0n) is 22.2. The molecule has 44 heavy (non-hydrogen) atoms. The van der Waals surface area contributed by atoms with Gasteiger partial charge in [0.1, 0.15) is 36.7 Å². The molecule has 2 aliphatic heterocycles. The first kappa shape index (κ1) is 30.4. The van der Waals surface area contributed by atoms with Crippen LogP contribution in [0.2, 0.25) is 0 Å². The lowest BCUT2D eigenvalue weighted by molar-refractivity contribution is -0.0890. The average Bonchev–Trinajstić information content (AvgIpc) is 3.71. The van der Waals surface area contributed by atoms with Gasteiger partial charge >= 0.3 is 6.72 Å². The molecule has 2 saturated heterocycles. The Bertz CT molecular complexity index is 1900. The number of imidazole rings is 1. The van der Waals surface area contributed by atoms with Crippen molar-refractivity contribution >= 4 is 52.5 Å². The Morgan fingerprint density at radius 3 is 2.82 bits per heavy atom. The van der Waals surface area contributed by atoms with Crippen molar-refractivity contribution in [3.05, 3.63) is 35.0 Å². The molecule has 0 bridgehead atoms. The van der Waals surface area contributed by atoms with Crippen LogP contribution in [-0.2, 0) is 30.3 Å². The number of nitrogens with two attached hydrogens (primary N) is 2. The summed E-state index contributed by atoms with van der Waals surface area (Å²) in [6.07, 6.45) is -0.211. The molecule has 0 aliphatic carbocycles. The summed E-state index contributed by atoms with van der Waals surface area (Å²) in [6.45, 7) is -5.91.